The molecular formula is C18H9ClF2N2OS2. The molecular weight excluding hydrogens is 398 g/mol. The smallest absolute Gasteiger partial charge is 0.260 e. The first kappa shape index (κ1) is 17.1. The summed E-state index contributed by atoms with van der Waals surface area (Å²) in [5, 5.41) is 4.30. The zero-order valence-electron chi connectivity index (χ0n) is 12.9. The SMILES string of the molecule is O=c1[nH]c(/C(Cl)=C\c2cccc(F)c2F)nc2scc(-c3cccs3)c12. The normalized spacial score (nSPS) is 12.0. The molecule has 0 aliphatic rings. The number of rotatable bonds is 3. The number of H-pyrrole nitrogens is 1. The number of halogens is 3. The van der Waals surface area contributed by atoms with E-state index in [0.717, 1.165) is 16.5 Å². The minimum Gasteiger partial charge on any atom is -0.305 e. The topological polar surface area (TPSA) is 45.8 Å². The van der Waals surface area contributed by atoms with Crippen LogP contribution >= 0.6 is 34.3 Å². The Morgan fingerprint density at radius 1 is 1.19 bits per heavy atom. The molecule has 0 bridgehead atoms. The predicted molar refractivity (Wildman–Crippen MR) is 104 cm³/mol. The molecule has 3 aromatic heterocycles. The molecule has 0 saturated heterocycles. The lowest BCUT2D eigenvalue weighted by Gasteiger charge is -2.02. The molecule has 130 valence electrons. The van der Waals surface area contributed by atoms with Crippen LogP contribution < -0.4 is 5.56 Å². The zero-order chi connectivity index (χ0) is 18.3. The van der Waals surface area contributed by atoms with Crippen molar-refractivity contribution in [2.75, 3.05) is 0 Å². The minimum absolute atomic E-state index is 0.0135. The summed E-state index contributed by atoms with van der Waals surface area (Å²) in [6.07, 6.45) is 1.23. The molecule has 0 unspecified atom stereocenters. The molecule has 3 nitrogen and oxygen atoms in total. The van der Waals surface area contributed by atoms with Crippen molar-refractivity contribution in [2.24, 2.45) is 0 Å². The van der Waals surface area contributed by atoms with Crippen molar-refractivity contribution in [3.05, 3.63) is 74.5 Å². The average Bonchev–Trinajstić information content (AvgIpc) is 3.28. The third-order valence-electron chi connectivity index (χ3n) is 3.72. The molecule has 4 rings (SSSR count). The van der Waals surface area contributed by atoms with Gasteiger partial charge in [0.2, 0.25) is 0 Å². The van der Waals surface area contributed by atoms with Gasteiger partial charge in [-0.05, 0) is 23.6 Å². The summed E-state index contributed by atoms with van der Waals surface area (Å²) in [7, 11) is 0. The Labute approximate surface area is 159 Å². The molecule has 1 N–H and O–H groups in total. The molecule has 4 aromatic rings. The fraction of sp³-hybridized carbons (Fsp3) is 0. The third-order valence-corrected chi connectivity index (χ3v) is 5.78. The van der Waals surface area contributed by atoms with Gasteiger partial charge in [0.05, 0.1) is 10.4 Å². The van der Waals surface area contributed by atoms with Crippen LogP contribution in [-0.2, 0) is 0 Å². The molecule has 8 heteroatoms. The number of hydrogen-bond acceptors (Lipinski definition) is 4. The van der Waals surface area contributed by atoms with E-state index >= 15 is 0 Å². The quantitative estimate of drug-likeness (QED) is 0.472. The Bertz CT molecular complexity index is 1200. The van der Waals surface area contributed by atoms with Crippen LogP contribution in [0.4, 0.5) is 8.78 Å². The van der Waals surface area contributed by atoms with Gasteiger partial charge in [-0.2, -0.15) is 0 Å². The van der Waals surface area contributed by atoms with Gasteiger partial charge in [-0.3, -0.25) is 4.79 Å². The zero-order valence-corrected chi connectivity index (χ0v) is 15.3. The van der Waals surface area contributed by atoms with Gasteiger partial charge >= 0.3 is 0 Å². The highest BCUT2D eigenvalue weighted by atomic mass is 35.5. The Hall–Kier alpha value is -2.35. The summed E-state index contributed by atoms with van der Waals surface area (Å²) in [6.45, 7) is 0. The summed E-state index contributed by atoms with van der Waals surface area (Å²) in [5.74, 6) is -1.88. The van der Waals surface area contributed by atoms with Crippen LogP contribution in [0.15, 0.2) is 45.9 Å². The van der Waals surface area contributed by atoms with Crippen LogP contribution in [0.5, 0.6) is 0 Å². The summed E-state index contributed by atoms with van der Waals surface area (Å²) in [4.78, 5) is 21.0. The van der Waals surface area contributed by atoms with Crippen molar-refractivity contribution < 1.29 is 8.78 Å². The van der Waals surface area contributed by atoms with Crippen molar-refractivity contribution in [2.45, 2.75) is 0 Å². The lowest BCUT2D eigenvalue weighted by molar-refractivity contribution is 0.507. The maximum absolute atomic E-state index is 13.8. The number of nitrogens with one attached hydrogen (secondary N) is 1. The van der Waals surface area contributed by atoms with E-state index in [1.165, 1.54) is 40.9 Å². The van der Waals surface area contributed by atoms with E-state index in [0.29, 0.717) is 10.2 Å². The molecule has 0 saturated carbocycles. The largest absolute Gasteiger partial charge is 0.305 e. The first-order valence-corrected chi connectivity index (χ1v) is 9.55. The number of hydrogen-bond donors (Lipinski definition) is 1. The van der Waals surface area contributed by atoms with Crippen molar-refractivity contribution in [1.82, 2.24) is 9.97 Å². The summed E-state index contributed by atoms with van der Waals surface area (Å²) >= 11 is 9.05. The van der Waals surface area contributed by atoms with Crippen LogP contribution in [0.3, 0.4) is 0 Å². The molecule has 0 aliphatic carbocycles. The molecule has 0 atom stereocenters. The van der Waals surface area contributed by atoms with Crippen LogP contribution in [0.25, 0.3) is 31.8 Å². The standard InChI is InChI=1S/C18H9ClF2N2OS2/c19-11(7-9-3-1-4-12(20)15(9)21)16-22-17(24)14-10(8-26-18(14)23-16)13-5-2-6-25-13/h1-8H,(H,22,23,24)/b11-7+. The molecule has 0 aliphatic heterocycles. The monoisotopic (exact) mass is 406 g/mol. The Morgan fingerprint density at radius 3 is 2.81 bits per heavy atom. The number of benzene rings is 1. The fourth-order valence-electron chi connectivity index (χ4n) is 2.51. The molecule has 3 heterocycles. The van der Waals surface area contributed by atoms with Crippen LogP contribution in [0, 0.1) is 11.6 Å². The van der Waals surface area contributed by atoms with E-state index in [9.17, 15) is 13.6 Å². The average molecular weight is 407 g/mol. The summed E-state index contributed by atoms with van der Waals surface area (Å²) in [5.41, 5.74) is 0.459. The predicted octanol–water partition coefficient (Wildman–Crippen LogP) is 5.73. The van der Waals surface area contributed by atoms with Crippen molar-refractivity contribution >= 4 is 55.6 Å². The lowest BCUT2D eigenvalue weighted by atomic mass is 10.2. The Balaban J connectivity index is 1.82. The third kappa shape index (κ3) is 2.98. The number of aromatic amines is 1. The summed E-state index contributed by atoms with van der Waals surface area (Å²) in [6, 6.07) is 7.62. The number of nitrogens with zero attached hydrogens (tertiary/aromatic N) is 1. The maximum Gasteiger partial charge on any atom is 0.260 e. The van der Waals surface area contributed by atoms with Crippen molar-refractivity contribution in [3.63, 3.8) is 0 Å². The van der Waals surface area contributed by atoms with Crippen LogP contribution in [0.1, 0.15) is 11.4 Å². The van der Waals surface area contributed by atoms with Gasteiger partial charge in [0.1, 0.15) is 4.83 Å². The highest BCUT2D eigenvalue weighted by Gasteiger charge is 2.15. The van der Waals surface area contributed by atoms with Gasteiger partial charge in [0.15, 0.2) is 17.5 Å². The van der Waals surface area contributed by atoms with E-state index in [2.05, 4.69) is 9.97 Å². The summed E-state index contributed by atoms with van der Waals surface area (Å²) < 4.78 is 27.1. The second-order valence-corrected chi connectivity index (χ2v) is 7.57. The van der Waals surface area contributed by atoms with Crippen LogP contribution in [-0.4, -0.2) is 9.97 Å². The number of aromatic nitrogens is 2. The van der Waals surface area contributed by atoms with Gasteiger partial charge in [-0.25, -0.2) is 13.8 Å². The van der Waals surface area contributed by atoms with E-state index in [1.54, 1.807) is 0 Å². The number of thiophene rings is 2. The minimum atomic E-state index is -1.01. The first-order valence-electron chi connectivity index (χ1n) is 7.41. The maximum atomic E-state index is 13.8. The molecule has 0 radical (unpaired) electrons. The Morgan fingerprint density at radius 2 is 2.04 bits per heavy atom. The molecule has 0 fully saturated rings. The van der Waals surface area contributed by atoms with Crippen molar-refractivity contribution in [3.8, 4) is 10.4 Å². The molecule has 0 spiro atoms. The van der Waals surface area contributed by atoms with Gasteiger partial charge < -0.3 is 4.98 Å². The molecule has 1 aromatic carbocycles. The van der Waals surface area contributed by atoms with Crippen molar-refractivity contribution in [1.29, 1.82) is 0 Å². The van der Waals surface area contributed by atoms with Gasteiger partial charge in [-0.1, -0.05) is 29.8 Å². The lowest BCUT2D eigenvalue weighted by Crippen LogP contribution is -2.10. The van der Waals surface area contributed by atoms with E-state index < -0.39 is 11.6 Å². The van der Waals surface area contributed by atoms with Gasteiger partial charge in [-0.15, -0.1) is 22.7 Å². The molecule has 26 heavy (non-hydrogen) atoms. The second kappa shape index (κ2) is 6.75. The second-order valence-electron chi connectivity index (χ2n) is 5.36. The van der Waals surface area contributed by atoms with Gasteiger partial charge in [0, 0.05) is 21.4 Å². The number of fused-ring (bicyclic) bond motifs is 1. The van der Waals surface area contributed by atoms with Gasteiger partial charge in [0.25, 0.3) is 5.56 Å². The fourth-order valence-corrected chi connectivity index (χ4v) is 4.48. The van der Waals surface area contributed by atoms with E-state index in [1.807, 2.05) is 22.9 Å². The highest BCUT2D eigenvalue weighted by Crippen LogP contribution is 2.34. The van der Waals surface area contributed by atoms with Crippen LogP contribution in [0.2, 0.25) is 0 Å². The Kier molecular flexibility index (Phi) is 4.44. The first-order chi connectivity index (χ1) is 12.5. The van der Waals surface area contributed by atoms with E-state index in [4.69, 9.17) is 11.6 Å². The van der Waals surface area contributed by atoms with E-state index in [-0.39, 0.29) is 22.0 Å². The highest BCUT2D eigenvalue weighted by molar-refractivity contribution is 7.18. The molecule has 0 amide bonds.